The molecule has 0 N–H and O–H groups in total. The molecule has 0 aliphatic heterocycles. The molecular formula is C22H12Cl6O3. The summed E-state index contributed by atoms with van der Waals surface area (Å²) in [6.07, 6.45) is 0. The van der Waals surface area contributed by atoms with Gasteiger partial charge >= 0.3 is 0 Å². The van der Waals surface area contributed by atoms with Crippen molar-refractivity contribution in [2.24, 2.45) is 0 Å². The number of halogens is 6. The van der Waals surface area contributed by atoms with Crippen LogP contribution >= 0.6 is 69.6 Å². The summed E-state index contributed by atoms with van der Waals surface area (Å²) in [6.45, 7) is 0. The van der Waals surface area contributed by atoms with E-state index >= 15 is 0 Å². The Balaban J connectivity index is 2.37. The lowest BCUT2D eigenvalue weighted by molar-refractivity contribution is 0.0962. The Morgan fingerprint density at radius 1 is 0.645 bits per heavy atom. The van der Waals surface area contributed by atoms with Crippen molar-refractivity contribution in [2.75, 3.05) is 0 Å². The molecule has 3 nitrogen and oxygen atoms in total. The van der Waals surface area contributed by atoms with Crippen molar-refractivity contribution in [3.8, 4) is 22.6 Å². The fourth-order valence-corrected chi connectivity index (χ4v) is 3.44. The molecule has 31 heavy (non-hydrogen) atoms. The lowest BCUT2D eigenvalue weighted by Crippen LogP contribution is -2.27. The molecule has 0 heterocycles. The summed E-state index contributed by atoms with van der Waals surface area (Å²) in [5, 5.41) is 0. The van der Waals surface area contributed by atoms with E-state index in [1.54, 1.807) is 60.7 Å². The van der Waals surface area contributed by atoms with Crippen LogP contribution in [0.25, 0.3) is 11.1 Å². The van der Waals surface area contributed by atoms with Crippen molar-refractivity contribution in [1.82, 2.24) is 0 Å². The topological polar surface area (TPSA) is 43.4 Å². The molecular weight excluding hydrogens is 525 g/mol. The maximum atomic E-state index is 13.2. The quantitative estimate of drug-likeness (QED) is 0.243. The van der Waals surface area contributed by atoms with E-state index in [0.717, 1.165) is 0 Å². The molecule has 0 saturated heterocycles. The highest BCUT2D eigenvalue weighted by atomic mass is 35.6. The van der Waals surface area contributed by atoms with Crippen molar-refractivity contribution < 1.29 is 14.3 Å². The van der Waals surface area contributed by atoms with Crippen molar-refractivity contribution in [1.29, 1.82) is 0 Å². The van der Waals surface area contributed by atoms with E-state index in [1.807, 2.05) is 6.07 Å². The minimum atomic E-state index is -2.40. The lowest BCUT2D eigenvalue weighted by atomic mass is 9.93. The predicted octanol–water partition coefficient (Wildman–Crippen LogP) is 8.25. The Morgan fingerprint density at radius 3 is 1.68 bits per heavy atom. The third-order valence-electron chi connectivity index (χ3n) is 4.19. The van der Waals surface area contributed by atoms with E-state index in [-0.39, 0.29) is 16.9 Å². The van der Waals surface area contributed by atoms with Gasteiger partial charge in [-0.3, -0.25) is 9.59 Å². The van der Waals surface area contributed by atoms with Crippen LogP contribution in [0.4, 0.5) is 0 Å². The van der Waals surface area contributed by atoms with E-state index in [1.165, 1.54) is 6.07 Å². The number of carbonyl (C=O) groups is 2. The molecule has 0 aliphatic carbocycles. The Morgan fingerprint density at radius 2 is 1.16 bits per heavy atom. The first-order chi connectivity index (χ1) is 14.5. The standard InChI is InChI=1S/C22H12Cl6O3/c23-21(24,25)19(29)16-12-11-15(13-7-3-1-4-8-13)18(17(16)20(30)22(26,27)28)31-14-9-5-2-6-10-14/h1-12H. The summed E-state index contributed by atoms with van der Waals surface area (Å²) in [6, 6.07) is 20.6. The molecule has 0 atom stereocenters. The number of benzene rings is 3. The largest absolute Gasteiger partial charge is 0.456 e. The van der Waals surface area contributed by atoms with Gasteiger partial charge in [-0.1, -0.05) is 118 Å². The first-order valence-corrected chi connectivity index (χ1v) is 11.0. The van der Waals surface area contributed by atoms with E-state index in [9.17, 15) is 9.59 Å². The molecule has 0 aromatic heterocycles. The Kier molecular flexibility index (Phi) is 7.47. The second-order valence-electron chi connectivity index (χ2n) is 6.30. The van der Waals surface area contributed by atoms with Gasteiger partial charge < -0.3 is 4.74 Å². The second-order valence-corrected chi connectivity index (χ2v) is 10.9. The molecule has 9 heteroatoms. The van der Waals surface area contributed by atoms with Crippen LogP contribution in [0.3, 0.4) is 0 Å². The monoisotopic (exact) mass is 534 g/mol. The molecule has 3 aromatic rings. The van der Waals surface area contributed by atoms with Crippen LogP contribution in [0.15, 0.2) is 72.8 Å². The fourth-order valence-electron chi connectivity index (χ4n) is 2.85. The molecule has 0 bridgehead atoms. The highest BCUT2D eigenvalue weighted by molar-refractivity contribution is 6.79. The fraction of sp³-hybridized carbons (Fsp3) is 0.0909. The van der Waals surface area contributed by atoms with Crippen LogP contribution in [0.2, 0.25) is 0 Å². The average Bonchev–Trinajstić information content (AvgIpc) is 2.72. The highest BCUT2D eigenvalue weighted by Gasteiger charge is 2.41. The molecule has 0 saturated carbocycles. The average molecular weight is 537 g/mol. The molecule has 3 aromatic carbocycles. The van der Waals surface area contributed by atoms with Crippen molar-refractivity contribution in [2.45, 2.75) is 7.59 Å². The maximum absolute atomic E-state index is 13.2. The van der Waals surface area contributed by atoms with Crippen LogP contribution in [0.5, 0.6) is 11.5 Å². The van der Waals surface area contributed by atoms with Crippen LogP contribution in [-0.4, -0.2) is 19.2 Å². The van der Waals surface area contributed by atoms with Crippen LogP contribution in [-0.2, 0) is 0 Å². The van der Waals surface area contributed by atoms with E-state index in [4.69, 9.17) is 74.3 Å². The van der Waals surface area contributed by atoms with E-state index < -0.39 is 19.2 Å². The number of ether oxygens (including phenoxy) is 1. The van der Waals surface area contributed by atoms with Gasteiger partial charge in [-0.25, -0.2) is 0 Å². The number of hydrogen-bond donors (Lipinski definition) is 0. The summed E-state index contributed by atoms with van der Waals surface area (Å²) < 4.78 is 1.29. The molecule has 160 valence electrons. The lowest BCUT2D eigenvalue weighted by Gasteiger charge is -2.22. The minimum Gasteiger partial charge on any atom is -0.456 e. The van der Waals surface area contributed by atoms with Gasteiger partial charge in [0.1, 0.15) is 11.5 Å². The molecule has 0 spiro atoms. The van der Waals surface area contributed by atoms with Gasteiger partial charge in [0.15, 0.2) is 0 Å². The van der Waals surface area contributed by atoms with Gasteiger partial charge in [0.25, 0.3) is 7.59 Å². The predicted molar refractivity (Wildman–Crippen MR) is 128 cm³/mol. The number of alkyl halides is 6. The van der Waals surface area contributed by atoms with Crippen molar-refractivity contribution in [3.63, 3.8) is 0 Å². The van der Waals surface area contributed by atoms with Gasteiger partial charge in [0, 0.05) is 11.1 Å². The molecule has 0 aliphatic rings. The summed E-state index contributed by atoms with van der Waals surface area (Å²) in [5.74, 6) is -1.59. The molecule has 0 amide bonds. The summed E-state index contributed by atoms with van der Waals surface area (Å²) in [7, 11) is 0. The van der Waals surface area contributed by atoms with E-state index in [2.05, 4.69) is 0 Å². The Bertz CT molecular complexity index is 1100. The number of carbonyl (C=O) groups excluding carboxylic acids is 2. The molecule has 0 fully saturated rings. The number of rotatable bonds is 5. The second kappa shape index (κ2) is 9.58. The maximum Gasteiger partial charge on any atom is 0.253 e. The molecule has 3 rings (SSSR count). The van der Waals surface area contributed by atoms with Gasteiger partial charge in [0.2, 0.25) is 11.6 Å². The summed E-state index contributed by atoms with van der Waals surface area (Å²) >= 11 is 35.1. The number of hydrogen-bond acceptors (Lipinski definition) is 3. The van der Waals surface area contributed by atoms with Gasteiger partial charge in [-0.05, 0) is 29.8 Å². The van der Waals surface area contributed by atoms with Crippen LogP contribution < -0.4 is 4.74 Å². The third kappa shape index (κ3) is 5.67. The van der Waals surface area contributed by atoms with E-state index in [0.29, 0.717) is 16.9 Å². The number of Topliss-reactive ketones (excluding diaryl/α,β-unsaturated/α-hetero) is 2. The number of para-hydroxylation sites is 1. The van der Waals surface area contributed by atoms with Crippen molar-refractivity contribution >= 4 is 81.2 Å². The van der Waals surface area contributed by atoms with Crippen LogP contribution in [0.1, 0.15) is 20.7 Å². The molecule has 0 radical (unpaired) electrons. The van der Waals surface area contributed by atoms with Crippen molar-refractivity contribution in [3.05, 3.63) is 83.9 Å². The Hall–Kier alpha value is -1.46. The smallest absolute Gasteiger partial charge is 0.253 e. The Labute approximate surface area is 208 Å². The molecule has 0 unspecified atom stereocenters. The first kappa shape index (κ1) is 24.2. The van der Waals surface area contributed by atoms with Gasteiger partial charge in [-0.2, -0.15) is 0 Å². The zero-order chi connectivity index (χ0) is 22.8. The SMILES string of the molecule is O=C(c1ccc(-c2ccccc2)c(Oc2ccccc2)c1C(=O)C(Cl)(Cl)Cl)C(Cl)(Cl)Cl. The van der Waals surface area contributed by atoms with Gasteiger partial charge in [0.05, 0.1) is 5.56 Å². The summed E-state index contributed by atoms with van der Waals surface area (Å²) in [5.41, 5.74) is 0.617. The highest BCUT2D eigenvalue weighted by Crippen LogP contribution is 2.44. The first-order valence-electron chi connectivity index (χ1n) is 8.68. The minimum absolute atomic E-state index is 0.00572. The number of ketones is 2. The van der Waals surface area contributed by atoms with Gasteiger partial charge in [-0.15, -0.1) is 0 Å². The zero-order valence-electron chi connectivity index (χ0n) is 15.4. The summed E-state index contributed by atoms with van der Waals surface area (Å²) in [4.78, 5) is 26.0. The van der Waals surface area contributed by atoms with Crippen LogP contribution in [0, 0.1) is 0 Å². The zero-order valence-corrected chi connectivity index (χ0v) is 20.0. The third-order valence-corrected chi connectivity index (χ3v) is 5.22. The normalized spacial score (nSPS) is 11.8.